The van der Waals surface area contributed by atoms with Crippen LogP contribution in [0, 0.1) is 0 Å². The second kappa shape index (κ2) is 3.86. The zero-order valence-electron chi connectivity index (χ0n) is 9.49. The Balaban J connectivity index is 2.34. The summed E-state index contributed by atoms with van der Waals surface area (Å²) in [6.45, 7) is 5.04. The van der Waals surface area contributed by atoms with E-state index in [9.17, 15) is 0 Å². The van der Waals surface area contributed by atoms with Gasteiger partial charge in [-0.05, 0) is 50.8 Å². The Kier molecular flexibility index (Phi) is 2.70. The number of nitrogens with two attached hydrogens (primary N) is 1. The van der Waals surface area contributed by atoms with Gasteiger partial charge in [0.05, 0.1) is 0 Å². The van der Waals surface area contributed by atoms with Crippen molar-refractivity contribution in [2.45, 2.75) is 38.2 Å². The summed E-state index contributed by atoms with van der Waals surface area (Å²) in [7, 11) is 0. The second-order valence-electron chi connectivity index (χ2n) is 4.88. The van der Waals surface area contributed by atoms with Gasteiger partial charge in [0.1, 0.15) is 11.4 Å². The third kappa shape index (κ3) is 2.15. The summed E-state index contributed by atoms with van der Waals surface area (Å²) in [6.07, 6.45) is 2.10. The zero-order valence-corrected chi connectivity index (χ0v) is 9.49. The minimum Gasteiger partial charge on any atom is -0.488 e. The van der Waals surface area contributed by atoms with Gasteiger partial charge in [0.2, 0.25) is 0 Å². The van der Waals surface area contributed by atoms with Crippen molar-refractivity contribution in [2.75, 3.05) is 6.54 Å². The smallest absolute Gasteiger partial charge is 0.123 e. The molecule has 1 aromatic rings. The fraction of sp³-hybridized carbons (Fsp3) is 0.538. The molecule has 2 rings (SSSR count). The summed E-state index contributed by atoms with van der Waals surface area (Å²) in [6, 6.07) is 8.31. The first-order chi connectivity index (χ1) is 7.12. The Bertz CT molecular complexity index is 346. The van der Waals surface area contributed by atoms with E-state index in [1.54, 1.807) is 0 Å². The van der Waals surface area contributed by atoms with Gasteiger partial charge in [-0.15, -0.1) is 0 Å². The molecule has 1 aliphatic heterocycles. The molecule has 0 amide bonds. The molecule has 0 bridgehead atoms. The molecule has 1 aliphatic rings. The van der Waals surface area contributed by atoms with E-state index in [1.165, 1.54) is 5.56 Å². The molecule has 0 spiro atoms. The highest BCUT2D eigenvalue weighted by Crippen LogP contribution is 2.41. The molecule has 0 radical (unpaired) electrons. The summed E-state index contributed by atoms with van der Waals surface area (Å²) >= 11 is 0. The Labute approximate surface area is 91.4 Å². The number of hydrogen-bond acceptors (Lipinski definition) is 2. The molecule has 0 saturated carbocycles. The number of para-hydroxylation sites is 1. The number of ether oxygens (including phenoxy) is 1. The van der Waals surface area contributed by atoms with Crippen LogP contribution >= 0.6 is 0 Å². The van der Waals surface area contributed by atoms with Crippen LogP contribution in [0.5, 0.6) is 5.75 Å². The summed E-state index contributed by atoms with van der Waals surface area (Å²) in [5.41, 5.74) is 6.92. The Morgan fingerprint density at radius 3 is 2.87 bits per heavy atom. The van der Waals surface area contributed by atoms with Gasteiger partial charge < -0.3 is 10.5 Å². The van der Waals surface area contributed by atoms with Crippen LogP contribution in [0.15, 0.2) is 24.3 Å². The van der Waals surface area contributed by atoms with E-state index in [0.717, 1.165) is 25.1 Å². The van der Waals surface area contributed by atoms with Gasteiger partial charge in [-0.2, -0.15) is 0 Å². The van der Waals surface area contributed by atoms with Gasteiger partial charge in [0.15, 0.2) is 0 Å². The topological polar surface area (TPSA) is 35.2 Å². The predicted octanol–water partition coefficient (Wildman–Crippen LogP) is 2.68. The van der Waals surface area contributed by atoms with Crippen LogP contribution in [-0.2, 0) is 0 Å². The molecule has 2 N–H and O–H groups in total. The molecule has 0 aromatic heterocycles. The Morgan fingerprint density at radius 2 is 2.13 bits per heavy atom. The highest BCUT2D eigenvalue weighted by Gasteiger charge is 2.32. The van der Waals surface area contributed by atoms with Gasteiger partial charge in [-0.1, -0.05) is 18.2 Å². The SMILES string of the molecule is CC1(C)CC(CCN)c2ccccc2O1. The summed E-state index contributed by atoms with van der Waals surface area (Å²) in [4.78, 5) is 0. The fourth-order valence-electron chi connectivity index (χ4n) is 2.41. The number of rotatable bonds is 2. The predicted molar refractivity (Wildman–Crippen MR) is 62.2 cm³/mol. The van der Waals surface area contributed by atoms with Crippen molar-refractivity contribution < 1.29 is 4.74 Å². The molecule has 15 heavy (non-hydrogen) atoms. The lowest BCUT2D eigenvalue weighted by Gasteiger charge is -2.37. The van der Waals surface area contributed by atoms with Gasteiger partial charge >= 0.3 is 0 Å². The third-order valence-corrected chi connectivity index (χ3v) is 3.00. The minimum absolute atomic E-state index is 0.0613. The van der Waals surface area contributed by atoms with Crippen molar-refractivity contribution in [3.8, 4) is 5.75 Å². The van der Waals surface area contributed by atoms with E-state index in [1.807, 2.05) is 6.07 Å². The normalized spacial score (nSPS) is 23.0. The molecule has 1 unspecified atom stereocenters. The summed E-state index contributed by atoms with van der Waals surface area (Å²) in [5, 5.41) is 0. The van der Waals surface area contributed by atoms with E-state index in [0.29, 0.717) is 5.92 Å². The quantitative estimate of drug-likeness (QED) is 0.805. The van der Waals surface area contributed by atoms with Crippen LogP contribution in [-0.4, -0.2) is 12.1 Å². The molecule has 1 aromatic carbocycles. The van der Waals surface area contributed by atoms with Crippen LogP contribution in [0.25, 0.3) is 0 Å². The monoisotopic (exact) mass is 205 g/mol. The molecule has 0 aliphatic carbocycles. The highest BCUT2D eigenvalue weighted by atomic mass is 16.5. The highest BCUT2D eigenvalue weighted by molar-refractivity contribution is 5.38. The lowest BCUT2D eigenvalue weighted by Crippen LogP contribution is -2.35. The van der Waals surface area contributed by atoms with Crippen molar-refractivity contribution in [1.29, 1.82) is 0 Å². The van der Waals surface area contributed by atoms with Crippen molar-refractivity contribution in [3.05, 3.63) is 29.8 Å². The zero-order chi connectivity index (χ0) is 10.9. The first-order valence-corrected chi connectivity index (χ1v) is 5.60. The van der Waals surface area contributed by atoms with Gasteiger partial charge in [-0.25, -0.2) is 0 Å². The molecule has 1 heterocycles. The standard InChI is InChI=1S/C13H19NO/c1-13(2)9-10(7-8-14)11-5-3-4-6-12(11)15-13/h3-6,10H,7-9,14H2,1-2H3. The first kappa shape index (κ1) is 10.5. The van der Waals surface area contributed by atoms with Crippen molar-refractivity contribution in [3.63, 3.8) is 0 Å². The average Bonchev–Trinajstić information content (AvgIpc) is 2.16. The Morgan fingerprint density at radius 1 is 1.40 bits per heavy atom. The van der Waals surface area contributed by atoms with E-state index in [-0.39, 0.29) is 5.60 Å². The summed E-state index contributed by atoms with van der Waals surface area (Å²) < 4.78 is 5.96. The molecule has 2 nitrogen and oxygen atoms in total. The van der Waals surface area contributed by atoms with Crippen molar-refractivity contribution in [1.82, 2.24) is 0 Å². The van der Waals surface area contributed by atoms with Crippen molar-refractivity contribution >= 4 is 0 Å². The molecule has 82 valence electrons. The fourth-order valence-corrected chi connectivity index (χ4v) is 2.41. The lowest BCUT2D eigenvalue weighted by atomic mass is 9.82. The summed E-state index contributed by atoms with van der Waals surface area (Å²) in [5.74, 6) is 1.59. The molecular weight excluding hydrogens is 186 g/mol. The molecule has 0 fully saturated rings. The third-order valence-electron chi connectivity index (χ3n) is 3.00. The van der Waals surface area contributed by atoms with Crippen LogP contribution < -0.4 is 10.5 Å². The maximum Gasteiger partial charge on any atom is 0.123 e. The van der Waals surface area contributed by atoms with E-state index in [2.05, 4.69) is 32.0 Å². The average molecular weight is 205 g/mol. The van der Waals surface area contributed by atoms with E-state index >= 15 is 0 Å². The van der Waals surface area contributed by atoms with Gasteiger partial charge in [0, 0.05) is 0 Å². The van der Waals surface area contributed by atoms with Crippen LogP contribution in [0.2, 0.25) is 0 Å². The van der Waals surface area contributed by atoms with E-state index in [4.69, 9.17) is 10.5 Å². The van der Waals surface area contributed by atoms with Crippen LogP contribution in [0.4, 0.5) is 0 Å². The molecule has 1 atom stereocenters. The van der Waals surface area contributed by atoms with E-state index < -0.39 is 0 Å². The van der Waals surface area contributed by atoms with Crippen LogP contribution in [0.3, 0.4) is 0 Å². The maximum atomic E-state index is 5.96. The Hall–Kier alpha value is -1.02. The number of fused-ring (bicyclic) bond motifs is 1. The van der Waals surface area contributed by atoms with Crippen LogP contribution in [0.1, 0.15) is 38.2 Å². The maximum absolute atomic E-state index is 5.96. The lowest BCUT2D eigenvalue weighted by molar-refractivity contribution is 0.0709. The second-order valence-corrected chi connectivity index (χ2v) is 4.88. The molecule has 2 heteroatoms. The number of hydrogen-bond donors (Lipinski definition) is 1. The first-order valence-electron chi connectivity index (χ1n) is 5.60. The largest absolute Gasteiger partial charge is 0.488 e. The minimum atomic E-state index is -0.0613. The number of benzene rings is 1. The molecular formula is C13H19NO. The van der Waals surface area contributed by atoms with Gasteiger partial charge in [-0.3, -0.25) is 0 Å². The molecule has 0 saturated heterocycles. The van der Waals surface area contributed by atoms with Crippen molar-refractivity contribution in [2.24, 2.45) is 5.73 Å². The van der Waals surface area contributed by atoms with Gasteiger partial charge in [0.25, 0.3) is 0 Å².